The average molecular weight is 526 g/mol. The van der Waals surface area contributed by atoms with Gasteiger partial charge in [-0.05, 0) is 56.6 Å². The van der Waals surface area contributed by atoms with E-state index in [2.05, 4.69) is 41.5 Å². The highest BCUT2D eigenvalue weighted by atomic mass is 19.1. The summed E-state index contributed by atoms with van der Waals surface area (Å²) < 4.78 is 14.7. The molecular formula is C26H36FN9O2. The minimum atomic E-state index is -0.491. The van der Waals surface area contributed by atoms with Crippen LogP contribution in [0.5, 0.6) is 0 Å². The molecule has 4 rings (SSSR count). The molecule has 0 bridgehead atoms. The first-order valence-corrected chi connectivity index (χ1v) is 12.2. The van der Waals surface area contributed by atoms with Crippen molar-refractivity contribution >= 4 is 23.7 Å². The van der Waals surface area contributed by atoms with E-state index < -0.39 is 5.54 Å². The lowest BCUT2D eigenvalue weighted by Gasteiger charge is -2.43. The highest BCUT2D eigenvalue weighted by molar-refractivity contribution is 5.91. The van der Waals surface area contributed by atoms with E-state index in [1.165, 1.54) is 12.1 Å². The lowest BCUT2D eigenvalue weighted by molar-refractivity contribution is -0.146. The van der Waals surface area contributed by atoms with Crippen molar-refractivity contribution in [3.05, 3.63) is 53.6 Å². The fourth-order valence-corrected chi connectivity index (χ4v) is 4.03. The summed E-state index contributed by atoms with van der Waals surface area (Å²) in [6.45, 7) is 11.8. The van der Waals surface area contributed by atoms with Gasteiger partial charge in [-0.1, -0.05) is 20.8 Å². The molecule has 1 amide bonds. The Bertz CT molecular complexity index is 1330. The number of nitrogens with two attached hydrogens (primary N) is 2. The molecule has 5 N–H and O–H groups in total. The first-order valence-electron chi connectivity index (χ1n) is 12.2. The number of carbonyl (C=O) groups is 2. The van der Waals surface area contributed by atoms with Crippen LogP contribution in [0.15, 0.2) is 41.6 Å². The molecule has 0 radical (unpaired) electrons. The zero-order valence-corrected chi connectivity index (χ0v) is 22.7. The predicted octanol–water partition coefficient (Wildman–Crippen LogP) is 1.92. The van der Waals surface area contributed by atoms with E-state index in [0.717, 1.165) is 17.7 Å². The molecule has 1 saturated heterocycles. The second kappa shape index (κ2) is 11.2. The van der Waals surface area contributed by atoms with Crippen LogP contribution in [0.4, 0.5) is 4.39 Å². The van der Waals surface area contributed by atoms with E-state index in [1.807, 2.05) is 31.9 Å². The molecular weight excluding hydrogens is 489 g/mol. The minimum Gasteiger partial charge on any atom is -0.384 e. The molecule has 3 aromatic rings. The van der Waals surface area contributed by atoms with E-state index >= 15 is 0 Å². The van der Waals surface area contributed by atoms with E-state index in [1.54, 1.807) is 27.7 Å². The number of imidazole rings is 1. The molecule has 1 aromatic carbocycles. The minimum absolute atomic E-state index is 0.0522. The number of aldehydes is 1. The molecule has 0 saturated carbocycles. The SMILES string of the molecule is CC(C)(C)c1cc(-c2ccc(F)cc2)nn2cc(C=O)nc12.CN1CCN(C/C(N)=N/NN)C(=O)C1(C)C. The summed E-state index contributed by atoms with van der Waals surface area (Å²) in [6.07, 6.45) is 2.31. The molecule has 0 atom stereocenters. The van der Waals surface area contributed by atoms with Crippen molar-refractivity contribution < 1.29 is 14.0 Å². The van der Waals surface area contributed by atoms with Gasteiger partial charge in [0.2, 0.25) is 5.91 Å². The second-order valence-electron chi connectivity index (χ2n) is 10.7. The summed E-state index contributed by atoms with van der Waals surface area (Å²) in [7, 11) is 1.94. The molecule has 0 unspecified atom stereocenters. The van der Waals surface area contributed by atoms with Gasteiger partial charge in [0, 0.05) is 24.2 Å². The lowest BCUT2D eigenvalue weighted by Crippen LogP contribution is -2.62. The van der Waals surface area contributed by atoms with Crippen molar-refractivity contribution in [1.29, 1.82) is 0 Å². The van der Waals surface area contributed by atoms with E-state index in [9.17, 15) is 14.0 Å². The van der Waals surface area contributed by atoms with Crippen molar-refractivity contribution in [2.45, 2.75) is 45.6 Å². The first kappa shape index (κ1) is 28.7. The van der Waals surface area contributed by atoms with Gasteiger partial charge in [0.1, 0.15) is 17.3 Å². The van der Waals surface area contributed by atoms with Gasteiger partial charge < -0.3 is 10.6 Å². The van der Waals surface area contributed by atoms with Crippen LogP contribution in [-0.2, 0) is 10.2 Å². The summed E-state index contributed by atoms with van der Waals surface area (Å²) in [5.41, 5.74) is 10.6. The number of hydrogen-bond acceptors (Lipinski definition) is 8. The Morgan fingerprint density at radius 2 is 1.89 bits per heavy atom. The summed E-state index contributed by atoms with van der Waals surface area (Å²) in [4.78, 5) is 31.1. The smallest absolute Gasteiger partial charge is 0.242 e. The predicted molar refractivity (Wildman–Crippen MR) is 145 cm³/mol. The third-order valence-electron chi connectivity index (χ3n) is 6.54. The number of nitrogens with one attached hydrogen (secondary N) is 1. The normalized spacial score (nSPS) is 16.3. The number of amides is 1. The summed E-state index contributed by atoms with van der Waals surface area (Å²) in [6, 6.07) is 8.14. The Balaban J connectivity index is 0.000000223. The molecule has 0 aliphatic carbocycles. The van der Waals surface area contributed by atoms with Crippen LogP contribution in [0.25, 0.3) is 16.9 Å². The molecule has 1 fully saturated rings. The number of carbonyl (C=O) groups excluding carboxylic acids is 2. The molecule has 12 heteroatoms. The van der Waals surface area contributed by atoms with Crippen molar-refractivity contribution in [3.8, 4) is 11.3 Å². The summed E-state index contributed by atoms with van der Waals surface area (Å²) >= 11 is 0. The highest BCUT2D eigenvalue weighted by Crippen LogP contribution is 2.29. The van der Waals surface area contributed by atoms with Crippen molar-refractivity contribution in [2.24, 2.45) is 16.7 Å². The number of likely N-dealkylation sites (N-methyl/N-ethyl adjacent to an activating group) is 1. The van der Waals surface area contributed by atoms with Gasteiger partial charge in [0.25, 0.3) is 0 Å². The Hall–Kier alpha value is -3.90. The van der Waals surface area contributed by atoms with E-state index in [0.29, 0.717) is 42.2 Å². The maximum absolute atomic E-state index is 13.1. The van der Waals surface area contributed by atoms with Gasteiger partial charge in [0.05, 0.1) is 24.0 Å². The van der Waals surface area contributed by atoms with Gasteiger partial charge in [-0.15, -0.1) is 0 Å². The number of fused-ring (bicyclic) bond motifs is 1. The number of nitrogens with zero attached hydrogens (tertiary/aromatic N) is 6. The number of hydrazine groups is 1. The van der Waals surface area contributed by atoms with Crippen LogP contribution in [0.1, 0.15) is 50.7 Å². The Morgan fingerprint density at radius 1 is 1.24 bits per heavy atom. The number of hydrazone groups is 1. The third kappa shape index (κ3) is 6.32. The lowest BCUT2D eigenvalue weighted by atomic mass is 9.87. The molecule has 38 heavy (non-hydrogen) atoms. The molecule has 11 nitrogen and oxygen atoms in total. The van der Waals surface area contributed by atoms with Crippen LogP contribution in [0.3, 0.4) is 0 Å². The van der Waals surface area contributed by atoms with Gasteiger partial charge in [-0.2, -0.15) is 10.2 Å². The number of halogens is 1. The van der Waals surface area contributed by atoms with Crippen LogP contribution in [-0.4, -0.2) is 74.6 Å². The second-order valence-corrected chi connectivity index (χ2v) is 10.7. The summed E-state index contributed by atoms with van der Waals surface area (Å²) in [5.74, 6) is 5.08. The van der Waals surface area contributed by atoms with E-state index in [4.69, 9.17) is 11.6 Å². The maximum atomic E-state index is 13.1. The van der Waals surface area contributed by atoms with Gasteiger partial charge >= 0.3 is 0 Å². The highest BCUT2D eigenvalue weighted by Gasteiger charge is 2.39. The monoisotopic (exact) mass is 525 g/mol. The fourth-order valence-electron chi connectivity index (χ4n) is 4.03. The largest absolute Gasteiger partial charge is 0.384 e. The zero-order valence-electron chi connectivity index (χ0n) is 22.7. The first-order chi connectivity index (χ1) is 17.8. The number of piperazine rings is 1. The fraction of sp³-hybridized carbons (Fsp3) is 0.423. The quantitative estimate of drug-likeness (QED) is 0.150. The number of aromatic nitrogens is 3. The number of benzene rings is 1. The molecule has 204 valence electrons. The molecule has 0 spiro atoms. The maximum Gasteiger partial charge on any atom is 0.242 e. The molecule has 1 aliphatic heterocycles. The zero-order chi connectivity index (χ0) is 28.3. The van der Waals surface area contributed by atoms with Gasteiger partial charge in [-0.3, -0.25) is 14.5 Å². The van der Waals surface area contributed by atoms with Crippen molar-refractivity contribution in [1.82, 2.24) is 29.9 Å². The average Bonchev–Trinajstić information content (AvgIpc) is 3.28. The van der Waals surface area contributed by atoms with Gasteiger partial charge in [0.15, 0.2) is 11.9 Å². The van der Waals surface area contributed by atoms with Crippen LogP contribution in [0.2, 0.25) is 0 Å². The van der Waals surface area contributed by atoms with Gasteiger partial charge in [-0.25, -0.2) is 25.3 Å². The number of amidine groups is 1. The topological polar surface area (TPSA) is 147 Å². The molecule has 2 aromatic heterocycles. The molecule has 1 aliphatic rings. The third-order valence-corrected chi connectivity index (χ3v) is 6.54. The van der Waals surface area contributed by atoms with Crippen LogP contribution < -0.4 is 17.1 Å². The Morgan fingerprint density at radius 3 is 2.47 bits per heavy atom. The Kier molecular flexibility index (Phi) is 8.48. The molecule has 3 heterocycles. The van der Waals surface area contributed by atoms with E-state index in [-0.39, 0.29) is 17.1 Å². The summed E-state index contributed by atoms with van der Waals surface area (Å²) in [5, 5.41) is 8.13. The Labute approximate surface area is 221 Å². The van der Waals surface area contributed by atoms with Crippen molar-refractivity contribution in [3.63, 3.8) is 0 Å². The standard InChI is InChI=1S/C17H16FN3O.C9H20N6O/c1-17(2,3)14-8-15(11-4-6-12(18)7-5-11)20-21-9-13(10-22)19-16(14)21;1-9(2)8(16)15(5-4-14(9)3)6-7(10)12-13-11/h4-10H,1-3H3;13H,4-6,11H2,1-3H3,(H2,10,12). The van der Waals surface area contributed by atoms with Crippen LogP contribution in [0, 0.1) is 5.82 Å². The number of hydrogen-bond donors (Lipinski definition) is 3. The van der Waals surface area contributed by atoms with Crippen molar-refractivity contribution in [2.75, 3.05) is 26.7 Å². The van der Waals surface area contributed by atoms with Crippen LogP contribution >= 0.6 is 0 Å². The number of rotatable bonds is 5.